The molecule has 0 saturated heterocycles. The van der Waals surface area contributed by atoms with Crippen molar-refractivity contribution in [3.63, 3.8) is 0 Å². The van der Waals surface area contributed by atoms with E-state index in [4.69, 9.17) is 24.4 Å². The van der Waals surface area contributed by atoms with Crippen molar-refractivity contribution in [1.29, 1.82) is 5.41 Å². The SMILES string of the molecule is COc1ccc(OC)c(-c2csc(C3=C(O)CN(c4ccc(OC)c(OC)c4)C3=N)n2)c1. The van der Waals surface area contributed by atoms with Crippen LogP contribution in [0.25, 0.3) is 16.8 Å². The van der Waals surface area contributed by atoms with Gasteiger partial charge in [-0.1, -0.05) is 0 Å². The monoisotopic (exact) mass is 453 g/mol. The summed E-state index contributed by atoms with van der Waals surface area (Å²) in [6.45, 7) is 0.168. The Balaban J connectivity index is 1.66. The van der Waals surface area contributed by atoms with E-state index in [1.165, 1.54) is 11.3 Å². The number of aromatic nitrogens is 1. The lowest BCUT2D eigenvalue weighted by Crippen LogP contribution is -2.26. The van der Waals surface area contributed by atoms with Crippen LogP contribution in [0.5, 0.6) is 23.0 Å². The summed E-state index contributed by atoms with van der Waals surface area (Å²) in [5.41, 5.74) is 2.56. The van der Waals surface area contributed by atoms with Gasteiger partial charge in [0.2, 0.25) is 0 Å². The van der Waals surface area contributed by atoms with Crippen LogP contribution in [0.15, 0.2) is 47.5 Å². The summed E-state index contributed by atoms with van der Waals surface area (Å²) >= 11 is 1.36. The van der Waals surface area contributed by atoms with Gasteiger partial charge in [0.1, 0.15) is 28.1 Å². The molecule has 0 aliphatic carbocycles. The van der Waals surface area contributed by atoms with Gasteiger partial charge in [-0.05, 0) is 30.3 Å². The summed E-state index contributed by atoms with van der Waals surface area (Å²) in [6, 6.07) is 10.9. The number of benzene rings is 2. The number of hydrogen-bond donors (Lipinski definition) is 2. The number of methoxy groups -OCH3 is 4. The molecule has 1 aliphatic rings. The minimum Gasteiger partial charge on any atom is -0.510 e. The number of aliphatic hydroxyl groups excluding tert-OH is 1. The van der Waals surface area contributed by atoms with Crippen molar-refractivity contribution in [3.05, 3.63) is 52.5 Å². The second-order valence-electron chi connectivity index (χ2n) is 6.90. The molecule has 3 aromatic rings. The fraction of sp³-hybridized carbons (Fsp3) is 0.217. The van der Waals surface area contributed by atoms with Gasteiger partial charge >= 0.3 is 0 Å². The van der Waals surface area contributed by atoms with E-state index >= 15 is 0 Å². The second-order valence-corrected chi connectivity index (χ2v) is 7.76. The third kappa shape index (κ3) is 3.71. The van der Waals surface area contributed by atoms with Crippen LogP contribution in [0, 0.1) is 5.41 Å². The van der Waals surface area contributed by atoms with Crippen LogP contribution in [-0.2, 0) is 0 Å². The smallest absolute Gasteiger partial charge is 0.162 e. The molecule has 166 valence electrons. The summed E-state index contributed by atoms with van der Waals surface area (Å²) in [6.07, 6.45) is 0. The Labute approximate surface area is 189 Å². The van der Waals surface area contributed by atoms with Gasteiger partial charge in [-0.15, -0.1) is 11.3 Å². The van der Waals surface area contributed by atoms with Crippen LogP contribution in [0.2, 0.25) is 0 Å². The van der Waals surface area contributed by atoms with Crippen molar-refractivity contribution >= 4 is 28.4 Å². The van der Waals surface area contributed by atoms with E-state index in [2.05, 4.69) is 4.98 Å². The van der Waals surface area contributed by atoms with Crippen molar-refractivity contribution in [2.75, 3.05) is 39.9 Å². The molecule has 4 rings (SSSR count). The lowest BCUT2D eigenvalue weighted by Gasteiger charge is -2.20. The molecule has 0 radical (unpaired) electrons. The molecule has 32 heavy (non-hydrogen) atoms. The number of rotatable bonds is 7. The van der Waals surface area contributed by atoms with Crippen LogP contribution in [0.3, 0.4) is 0 Å². The summed E-state index contributed by atoms with van der Waals surface area (Å²) in [4.78, 5) is 6.38. The number of thiazole rings is 1. The molecule has 9 heteroatoms. The lowest BCUT2D eigenvalue weighted by molar-refractivity contribution is 0.355. The highest BCUT2D eigenvalue weighted by Gasteiger charge is 2.32. The number of amidine groups is 1. The Kier molecular flexibility index (Phi) is 5.91. The Bertz CT molecular complexity index is 1200. The van der Waals surface area contributed by atoms with Gasteiger partial charge in [-0.2, -0.15) is 0 Å². The van der Waals surface area contributed by atoms with Crippen molar-refractivity contribution in [2.24, 2.45) is 0 Å². The first-order chi connectivity index (χ1) is 15.5. The molecule has 8 nitrogen and oxygen atoms in total. The summed E-state index contributed by atoms with van der Waals surface area (Å²) in [5, 5.41) is 21.8. The molecule has 1 aromatic heterocycles. The fourth-order valence-electron chi connectivity index (χ4n) is 3.54. The van der Waals surface area contributed by atoms with Crippen molar-refractivity contribution in [2.45, 2.75) is 0 Å². The zero-order valence-corrected chi connectivity index (χ0v) is 18.9. The molecule has 0 amide bonds. The predicted molar refractivity (Wildman–Crippen MR) is 125 cm³/mol. The van der Waals surface area contributed by atoms with Gasteiger partial charge in [-0.25, -0.2) is 4.98 Å². The Hall–Kier alpha value is -3.72. The lowest BCUT2D eigenvalue weighted by atomic mass is 10.1. The highest BCUT2D eigenvalue weighted by molar-refractivity contribution is 7.11. The van der Waals surface area contributed by atoms with Crippen LogP contribution in [-0.4, -0.2) is 50.9 Å². The average molecular weight is 454 g/mol. The van der Waals surface area contributed by atoms with E-state index in [-0.39, 0.29) is 18.1 Å². The van der Waals surface area contributed by atoms with Gasteiger partial charge in [0.25, 0.3) is 0 Å². The number of anilines is 1. The van der Waals surface area contributed by atoms with Crippen LogP contribution in [0.4, 0.5) is 5.69 Å². The van der Waals surface area contributed by atoms with Crippen molar-refractivity contribution in [1.82, 2.24) is 4.98 Å². The first-order valence-electron chi connectivity index (χ1n) is 9.69. The molecular formula is C23H23N3O5S. The Morgan fingerprint density at radius 1 is 0.938 bits per heavy atom. The number of nitrogens with zero attached hydrogens (tertiary/aromatic N) is 2. The van der Waals surface area contributed by atoms with E-state index in [0.29, 0.717) is 45.0 Å². The highest BCUT2D eigenvalue weighted by atomic mass is 32.1. The van der Waals surface area contributed by atoms with E-state index < -0.39 is 0 Å². The molecule has 1 aliphatic heterocycles. The topological polar surface area (TPSA) is 97.1 Å². The first-order valence-corrected chi connectivity index (χ1v) is 10.6. The summed E-state index contributed by atoms with van der Waals surface area (Å²) < 4.78 is 21.5. The van der Waals surface area contributed by atoms with Crippen LogP contribution < -0.4 is 23.8 Å². The van der Waals surface area contributed by atoms with E-state index in [1.807, 2.05) is 29.6 Å². The van der Waals surface area contributed by atoms with Crippen molar-refractivity contribution in [3.8, 4) is 34.3 Å². The molecule has 0 unspecified atom stereocenters. The predicted octanol–water partition coefficient (Wildman–Crippen LogP) is 4.61. The molecule has 0 spiro atoms. The van der Waals surface area contributed by atoms with E-state index in [9.17, 15) is 5.11 Å². The normalized spacial score (nSPS) is 13.5. The number of hydrogen-bond acceptors (Lipinski definition) is 8. The number of ether oxygens (including phenoxy) is 4. The minimum absolute atomic E-state index is 0.0864. The van der Waals surface area contributed by atoms with Gasteiger partial charge < -0.3 is 29.0 Å². The number of nitrogens with one attached hydrogen (secondary N) is 1. The standard InChI is InChI=1S/C23H23N3O5S/c1-28-14-6-8-18(29-2)15(10-14)16-12-32-23(25-16)21-17(27)11-26(22(21)24)13-5-7-19(30-3)20(9-13)31-4/h5-10,12,24,27H,11H2,1-4H3. The highest BCUT2D eigenvalue weighted by Crippen LogP contribution is 2.39. The summed E-state index contributed by atoms with van der Waals surface area (Å²) in [7, 11) is 6.32. The Morgan fingerprint density at radius 3 is 2.34 bits per heavy atom. The van der Waals surface area contributed by atoms with Crippen LogP contribution in [0.1, 0.15) is 5.01 Å². The van der Waals surface area contributed by atoms with Gasteiger partial charge in [0.05, 0.1) is 46.3 Å². The van der Waals surface area contributed by atoms with E-state index in [0.717, 1.165) is 5.56 Å². The van der Waals surface area contributed by atoms with Gasteiger partial charge in [-0.3, -0.25) is 5.41 Å². The zero-order valence-electron chi connectivity index (χ0n) is 18.1. The number of aliphatic hydroxyl groups is 1. The fourth-order valence-corrected chi connectivity index (χ4v) is 4.43. The largest absolute Gasteiger partial charge is 0.510 e. The molecule has 2 aromatic carbocycles. The minimum atomic E-state index is 0.0864. The first kappa shape index (κ1) is 21.5. The molecule has 0 fully saturated rings. The molecule has 2 heterocycles. The molecular weight excluding hydrogens is 430 g/mol. The maximum atomic E-state index is 10.7. The third-order valence-electron chi connectivity index (χ3n) is 5.18. The van der Waals surface area contributed by atoms with Crippen molar-refractivity contribution < 1.29 is 24.1 Å². The second kappa shape index (κ2) is 8.80. The van der Waals surface area contributed by atoms with Crippen LogP contribution >= 0.6 is 11.3 Å². The Morgan fingerprint density at radius 2 is 1.66 bits per heavy atom. The molecule has 0 bridgehead atoms. The average Bonchev–Trinajstić information content (AvgIpc) is 3.41. The molecule has 0 saturated carbocycles. The summed E-state index contributed by atoms with van der Waals surface area (Å²) in [5.74, 6) is 2.74. The van der Waals surface area contributed by atoms with Gasteiger partial charge in [0.15, 0.2) is 11.5 Å². The zero-order chi connectivity index (χ0) is 22.8. The third-order valence-corrected chi connectivity index (χ3v) is 6.04. The maximum absolute atomic E-state index is 10.7. The van der Waals surface area contributed by atoms with E-state index in [1.54, 1.807) is 45.5 Å². The molecule has 2 N–H and O–H groups in total. The quantitative estimate of drug-likeness (QED) is 0.539. The molecule has 0 atom stereocenters. The maximum Gasteiger partial charge on any atom is 0.162 e. The van der Waals surface area contributed by atoms with Gasteiger partial charge in [0, 0.05) is 22.7 Å².